The maximum absolute atomic E-state index is 13.2. The number of nitrogens with zero attached hydrogens (tertiary/aromatic N) is 4. The largest absolute Gasteiger partial charge is 0.424 e. The standard InChI is InChI=1S/C19H26N4O4/c1-11(2)6-8-23-10-19-7-5-13(27-19)15(16(19)18(23)25)17(24)22(4)9-14-21-20-12(3)26-14/h5,7,11,13,15-16H,6,8-10H2,1-4H3/t13-,15-,16-,19-/m0/s1. The number of likely N-dealkylation sites (tertiary alicyclic amines) is 1. The van der Waals surface area contributed by atoms with Gasteiger partial charge in [-0.15, -0.1) is 10.2 Å². The molecule has 3 aliphatic rings. The molecular formula is C19H26N4O4. The van der Waals surface area contributed by atoms with Crippen molar-refractivity contribution in [3.05, 3.63) is 23.9 Å². The van der Waals surface area contributed by atoms with Crippen LogP contribution in [0.15, 0.2) is 16.6 Å². The Morgan fingerprint density at radius 2 is 2.22 bits per heavy atom. The second-order valence-electron chi connectivity index (χ2n) is 8.25. The van der Waals surface area contributed by atoms with E-state index in [1.165, 1.54) is 0 Å². The number of ether oxygens (including phenoxy) is 1. The van der Waals surface area contributed by atoms with Gasteiger partial charge in [0.2, 0.25) is 23.6 Å². The molecule has 0 aromatic carbocycles. The zero-order valence-electron chi connectivity index (χ0n) is 16.2. The number of carbonyl (C=O) groups is 2. The predicted molar refractivity (Wildman–Crippen MR) is 95.3 cm³/mol. The smallest absolute Gasteiger partial charge is 0.235 e. The molecule has 2 saturated heterocycles. The van der Waals surface area contributed by atoms with Gasteiger partial charge in [0.05, 0.1) is 31.0 Å². The van der Waals surface area contributed by atoms with E-state index >= 15 is 0 Å². The number of fused-ring (bicyclic) bond motifs is 1. The third-order valence-corrected chi connectivity index (χ3v) is 5.76. The predicted octanol–water partition coefficient (Wildman–Crippen LogP) is 1.16. The van der Waals surface area contributed by atoms with Crippen LogP contribution in [0.2, 0.25) is 0 Å². The first-order chi connectivity index (χ1) is 12.8. The SMILES string of the molecule is Cc1nnc(CN(C)C(=O)[C@H]2[C@@H]3C=C[C@@]4(CN(CCC(C)C)C(=O)[C@H]24)O3)o1. The van der Waals surface area contributed by atoms with Gasteiger partial charge < -0.3 is 19.0 Å². The Morgan fingerprint density at radius 1 is 1.44 bits per heavy atom. The number of hydrogen-bond donors (Lipinski definition) is 0. The molecule has 2 fully saturated rings. The van der Waals surface area contributed by atoms with Crippen molar-refractivity contribution in [3.8, 4) is 0 Å². The van der Waals surface area contributed by atoms with Crippen molar-refractivity contribution in [1.29, 1.82) is 0 Å². The lowest BCUT2D eigenvalue weighted by Crippen LogP contribution is -2.44. The van der Waals surface area contributed by atoms with Gasteiger partial charge in [-0.2, -0.15) is 0 Å². The zero-order valence-corrected chi connectivity index (χ0v) is 16.2. The normalized spacial score (nSPS) is 31.2. The van der Waals surface area contributed by atoms with E-state index in [0.717, 1.165) is 6.42 Å². The van der Waals surface area contributed by atoms with Crippen LogP contribution in [0.25, 0.3) is 0 Å². The van der Waals surface area contributed by atoms with E-state index in [1.807, 2.05) is 17.1 Å². The summed E-state index contributed by atoms with van der Waals surface area (Å²) >= 11 is 0. The molecule has 0 aliphatic carbocycles. The molecule has 4 atom stereocenters. The first-order valence-electron chi connectivity index (χ1n) is 9.50. The summed E-state index contributed by atoms with van der Waals surface area (Å²) in [4.78, 5) is 29.6. The van der Waals surface area contributed by atoms with Crippen LogP contribution in [0.4, 0.5) is 0 Å². The molecule has 2 bridgehead atoms. The summed E-state index contributed by atoms with van der Waals surface area (Å²) in [5.74, 6) is 0.329. The van der Waals surface area contributed by atoms with E-state index in [1.54, 1.807) is 18.9 Å². The molecule has 3 aliphatic heterocycles. The van der Waals surface area contributed by atoms with Crippen LogP contribution < -0.4 is 0 Å². The Kier molecular flexibility index (Phi) is 4.33. The molecule has 0 unspecified atom stereocenters. The highest BCUT2D eigenvalue weighted by Gasteiger charge is 2.66. The lowest BCUT2D eigenvalue weighted by atomic mass is 9.76. The Balaban J connectivity index is 1.51. The first-order valence-corrected chi connectivity index (χ1v) is 9.50. The lowest BCUT2D eigenvalue weighted by Gasteiger charge is -2.27. The summed E-state index contributed by atoms with van der Waals surface area (Å²) in [7, 11) is 1.69. The highest BCUT2D eigenvalue weighted by molar-refractivity contribution is 5.92. The molecule has 4 heterocycles. The monoisotopic (exact) mass is 374 g/mol. The van der Waals surface area contributed by atoms with Gasteiger partial charge in [-0.25, -0.2) is 0 Å². The van der Waals surface area contributed by atoms with E-state index in [2.05, 4.69) is 24.0 Å². The van der Waals surface area contributed by atoms with Crippen LogP contribution >= 0.6 is 0 Å². The van der Waals surface area contributed by atoms with Gasteiger partial charge in [0.15, 0.2) is 0 Å². The molecular weight excluding hydrogens is 348 g/mol. The highest BCUT2D eigenvalue weighted by Crippen LogP contribution is 2.52. The second-order valence-corrected chi connectivity index (χ2v) is 8.25. The van der Waals surface area contributed by atoms with Crippen LogP contribution in [0, 0.1) is 24.7 Å². The van der Waals surface area contributed by atoms with Crippen molar-refractivity contribution in [1.82, 2.24) is 20.0 Å². The highest BCUT2D eigenvalue weighted by atomic mass is 16.5. The lowest BCUT2D eigenvalue weighted by molar-refractivity contribution is -0.143. The Morgan fingerprint density at radius 3 is 2.89 bits per heavy atom. The fraction of sp³-hybridized carbons (Fsp3) is 0.684. The van der Waals surface area contributed by atoms with Gasteiger partial charge in [-0.05, 0) is 12.3 Å². The van der Waals surface area contributed by atoms with E-state index in [4.69, 9.17) is 9.15 Å². The molecule has 8 nitrogen and oxygen atoms in total. The van der Waals surface area contributed by atoms with Crippen molar-refractivity contribution in [2.45, 2.75) is 45.4 Å². The third-order valence-electron chi connectivity index (χ3n) is 5.76. The van der Waals surface area contributed by atoms with Crippen LogP contribution in [0.5, 0.6) is 0 Å². The molecule has 1 aromatic rings. The number of amides is 2. The molecule has 0 N–H and O–H groups in total. The Hall–Kier alpha value is -2.22. The summed E-state index contributed by atoms with van der Waals surface area (Å²) in [6.45, 7) is 7.45. The Labute approximate surface area is 158 Å². The molecule has 146 valence electrons. The van der Waals surface area contributed by atoms with Crippen molar-refractivity contribution in [2.75, 3.05) is 20.1 Å². The molecule has 4 rings (SSSR count). The molecule has 1 spiro atoms. The molecule has 2 amide bonds. The quantitative estimate of drug-likeness (QED) is 0.695. The van der Waals surface area contributed by atoms with E-state index < -0.39 is 17.4 Å². The summed E-state index contributed by atoms with van der Waals surface area (Å²) < 4.78 is 11.5. The maximum Gasteiger partial charge on any atom is 0.235 e. The van der Waals surface area contributed by atoms with Gasteiger partial charge in [0, 0.05) is 20.5 Å². The van der Waals surface area contributed by atoms with E-state index in [0.29, 0.717) is 30.8 Å². The molecule has 0 saturated carbocycles. The summed E-state index contributed by atoms with van der Waals surface area (Å²) in [5, 5.41) is 7.74. The van der Waals surface area contributed by atoms with Gasteiger partial charge in [0.1, 0.15) is 5.60 Å². The average Bonchev–Trinajstić information content (AvgIpc) is 3.34. The molecule has 1 aromatic heterocycles. The van der Waals surface area contributed by atoms with Crippen molar-refractivity contribution in [2.24, 2.45) is 17.8 Å². The van der Waals surface area contributed by atoms with Crippen molar-refractivity contribution >= 4 is 11.8 Å². The van der Waals surface area contributed by atoms with E-state index in [-0.39, 0.29) is 24.5 Å². The van der Waals surface area contributed by atoms with Crippen LogP contribution in [-0.4, -0.2) is 63.7 Å². The summed E-state index contributed by atoms with van der Waals surface area (Å²) in [5.41, 5.74) is -0.652. The minimum Gasteiger partial charge on any atom is -0.424 e. The molecule has 27 heavy (non-hydrogen) atoms. The van der Waals surface area contributed by atoms with E-state index in [9.17, 15) is 9.59 Å². The minimum absolute atomic E-state index is 0.0304. The number of aryl methyl sites for hydroxylation is 1. The fourth-order valence-electron chi connectivity index (χ4n) is 4.40. The topological polar surface area (TPSA) is 88.8 Å². The van der Waals surface area contributed by atoms with Crippen molar-refractivity contribution in [3.63, 3.8) is 0 Å². The number of rotatable bonds is 6. The van der Waals surface area contributed by atoms with Crippen molar-refractivity contribution < 1.29 is 18.7 Å². The maximum atomic E-state index is 13.2. The summed E-state index contributed by atoms with van der Waals surface area (Å²) in [6.07, 6.45) is 4.52. The molecule has 0 radical (unpaired) electrons. The number of aromatic nitrogens is 2. The van der Waals surface area contributed by atoms with Gasteiger partial charge in [0.25, 0.3) is 0 Å². The second kappa shape index (κ2) is 6.44. The summed E-state index contributed by atoms with van der Waals surface area (Å²) in [6, 6.07) is 0. The van der Waals surface area contributed by atoms with Gasteiger partial charge >= 0.3 is 0 Å². The van der Waals surface area contributed by atoms with Gasteiger partial charge in [-0.3, -0.25) is 9.59 Å². The number of hydrogen-bond acceptors (Lipinski definition) is 6. The van der Waals surface area contributed by atoms with Crippen LogP contribution in [0.1, 0.15) is 32.0 Å². The minimum atomic E-state index is -0.652. The van der Waals surface area contributed by atoms with Crippen LogP contribution in [-0.2, 0) is 20.9 Å². The zero-order chi connectivity index (χ0) is 19.3. The van der Waals surface area contributed by atoms with Gasteiger partial charge in [-0.1, -0.05) is 26.0 Å². The first kappa shape index (κ1) is 18.2. The molecule has 8 heteroatoms. The third kappa shape index (κ3) is 2.96. The van der Waals surface area contributed by atoms with Crippen LogP contribution in [0.3, 0.4) is 0 Å². The average molecular weight is 374 g/mol. The number of carbonyl (C=O) groups excluding carboxylic acids is 2. The fourth-order valence-corrected chi connectivity index (χ4v) is 4.40. The Bertz CT molecular complexity index is 788.